The van der Waals surface area contributed by atoms with Crippen molar-refractivity contribution >= 4 is 17.4 Å². The summed E-state index contributed by atoms with van der Waals surface area (Å²) in [5.74, 6) is 2.12. The number of nitrogens with one attached hydrogen (secondary N) is 1. The lowest BCUT2D eigenvalue weighted by Gasteiger charge is -2.13. The Morgan fingerprint density at radius 1 is 1.30 bits per heavy atom. The number of hydrogen-bond acceptors (Lipinski definition) is 5. The summed E-state index contributed by atoms with van der Waals surface area (Å²) in [4.78, 5) is 8.25. The molecule has 0 saturated heterocycles. The summed E-state index contributed by atoms with van der Waals surface area (Å²) in [6, 6.07) is 5.39. The zero-order valence-electron chi connectivity index (χ0n) is 11.6. The number of anilines is 1. The van der Waals surface area contributed by atoms with E-state index in [4.69, 9.17) is 21.1 Å². The van der Waals surface area contributed by atoms with Crippen LogP contribution < -0.4 is 14.8 Å². The van der Waals surface area contributed by atoms with Gasteiger partial charge in [-0.15, -0.1) is 0 Å². The summed E-state index contributed by atoms with van der Waals surface area (Å²) in [5.41, 5.74) is 0.920. The molecule has 0 radical (unpaired) electrons. The molecule has 106 valence electrons. The highest BCUT2D eigenvalue weighted by Crippen LogP contribution is 2.35. The predicted octanol–water partition coefficient (Wildman–Crippen LogP) is 3.67. The average molecular weight is 294 g/mol. The summed E-state index contributed by atoms with van der Waals surface area (Å²) in [6.07, 6.45) is 1.43. The summed E-state index contributed by atoms with van der Waals surface area (Å²) in [7, 11) is 1.56. The minimum Gasteiger partial charge on any atom is -0.489 e. The lowest BCUT2D eigenvalue weighted by molar-refractivity contribution is 0.368. The fourth-order valence-electron chi connectivity index (χ4n) is 1.74. The fraction of sp³-hybridized carbons (Fsp3) is 0.286. The maximum absolute atomic E-state index is 5.93. The van der Waals surface area contributed by atoms with E-state index >= 15 is 0 Å². The standard InChI is InChI=1S/C14H16ClN3O2/c1-4-16-13-12(19-3)14(18-8-17-13)20-11-6-5-10(15)7-9(11)2/h5-8H,4H2,1-3H3,(H,16,17,18). The summed E-state index contributed by atoms with van der Waals surface area (Å²) >= 11 is 5.93. The van der Waals surface area contributed by atoms with Crippen LogP contribution in [0.25, 0.3) is 0 Å². The molecular weight excluding hydrogens is 278 g/mol. The molecule has 0 saturated carbocycles. The highest BCUT2D eigenvalue weighted by atomic mass is 35.5. The first kappa shape index (κ1) is 14.4. The van der Waals surface area contributed by atoms with Gasteiger partial charge in [-0.25, -0.2) is 4.98 Å². The molecule has 0 fully saturated rings. The van der Waals surface area contributed by atoms with Crippen molar-refractivity contribution in [2.75, 3.05) is 19.0 Å². The molecule has 2 rings (SSSR count). The van der Waals surface area contributed by atoms with Crippen molar-refractivity contribution in [1.29, 1.82) is 0 Å². The van der Waals surface area contributed by atoms with E-state index in [0.717, 1.165) is 12.1 Å². The molecule has 1 aromatic heterocycles. The van der Waals surface area contributed by atoms with Crippen molar-refractivity contribution in [3.8, 4) is 17.4 Å². The first-order valence-corrected chi connectivity index (χ1v) is 6.60. The predicted molar refractivity (Wildman–Crippen MR) is 79.0 cm³/mol. The largest absolute Gasteiger partial charge is 0.489 e. The normalized spacial score (nSPS) is 10.2. The van der Waals surface area contributed by atoms with Gasteiger partial charge in [0.2, 0.25) is 5.75 Å². The van der Waals surface area contributed by atoms with Gasteiger partial charge in [-0.05, 0) is 37.6 Å². The lowest BCUT2D eigenvalue weighted by Crippen LogP contribution is -2.04. The van der Waals surface area contributed by atoms with Gasteiger partial charge in [0.25, 0.3) is 5.88 Å². The molecule has 2 aromatic rings. The molecule has 0 aliphatic rings. The number of aromatic nitrogens is 2. The van der Waals surface area contributed by atoms with E-state index in [1.807, 2.05) is 19.9 Å². The van der Waals surface area contributed by atoms with Crippen molar-refractivity contribution in [3.63, 3.8) is 0 Å². The molecule has 5 nitrogen and oxygen atoms in total. The number of hydrogen-bond donors (Lipinski definition) is 1. The molecule has 0 aliphatic heterocycles. The number of ether oxygens (including phenoxy) is 2. The third-order valence-corrected chi connectivity index (χ3v) is 2.90. The van der Waals surface area contributed by atoms with Crippen molar-refractivity contribution in [2.45, 2.75) is 13.8 Å². The maximum atomic E-state index is 5.93. The van der Waals surface area contributed by atoms with Crippen LogP contribution in [0.4, 0.5) is 5.82 Å². The van der Waals surface area contributed by atoms with Gasteiger partial charge in [-0.3, -0.25) is 0 Å². The number of benzene rings is 1. The quantitative estimate of drug-likeness (QED) is 0.911. The van der Waals surface area contributed by atoms with Crippen molar-refractivity contribution in [1.82, 2.24) is 9.97 Å². The third-order valence-electron chi connectivity index (χ3n) is 2.66. The Balaban J connectivity index is 2.35. The average Bonchev–Trinajstić information content (AvgIpc) is 2.42. The van der Waals surface area contributed by atoms with E-state index in [1.54, 1.807) is 19.2 Å². The van der Waals surface area contributed by atoms with Gasteiger partial charge < -0.3 is 14.8 Å². The van der Waals surface area contributed by atoms with E-state index in [-0.39, 0.29) is 0 Å². The molecule has 0 spiro atoms. The number of methoxy groups -OCH3 is 1. The SMILES string of the molecule is CCNc1ncnc(Oc2ccc(Cl)cc2C)c1OC. The van der Waals surface area contributed by atoms with Crippen LogP contribution in [0.1, 0.15) is 12.5 Å². The van der Waals surface area contributed by atoms with Crippen LogP contribution in [-0.4, -0.2) is 23.6 Å². The molecule has 0 atom stereocenters. The molecule has 0 aliphatic carbocycles. The van der Waals surface area contributed by atoms with Gasteiger partial charge in [-0.1, -0.05) is 11.6 Å². The molecular formula is C14H16ClN3O2. The third kappa shape index (κ3) is 3.11. The molecule has 20 heavy (non-hydrogen) atoms. The monoisotopic (exact) mass is 293 g/mol. The highest BCUT2D eigenvalue weighted by molar-refractivity contribution is 6.30. The first-order valence-electron chi connectivity index (χ1n) is 6.22. The van der Waals surface area contributed by atoms with Crippen LogP contribution in [0.15, 0.2) is 24.5 Å². The zero-order chi connectivity index (χ0) is 14.5. The Labute approximate surface area is 122 Å². The molecule has 0 amide bonds. The number of aryl methyl sites for hydroxylation is 1. The van der Waals surface area contributed by atoms with Gasteiger partial charge >= 0.3 is 0 Å². The van der Waals surface area contributed by atoms with Gasteiger partial charge in [0.1, 0.15) is 12.1 Å². The van der Waals surface area contributed by atoms with Crippen molar-refractivity contribution < 1.29 is 9.47 Å². The molecule has 1 heterocycles. The van der Waals surface area contributed by atoms with E-state index < -0.39 is 0 Å². The topological polar surface area (TPSA) is 56.3 Å². The van der Waals surface area contributed by atoms with E-state index in [9.17, 15) is 0 Å². The fourth-order valence-corrected chi connectivity index (χ4v) is 1.97. The number of nitrogens with zero attached hydrogens (tertiary/aromatic N) is 2. The minimum atomic E-state index is 0.365. The summed E-state index contributed by atoms with van der Waals surface area (Å²) in [6.45, 7) is 4.62. The van der Waals surface area contributed by atoms with Crippen LogP contribution in [0.5, 0.6) is 17.4 Å². The summed E-state index contributed by atoms with van der Waals surface area (Å²) in [5, 5.41) is 3.76. The molecule has 1 N–H and O–H groups in total. The highest BCUT2D eigenvalue weighted by Gasteiger charge is 2.14. The van der Waals surface area contributed by atoms with Gasteiger partial charge in [0.05, 0.1) is 7.11 Å². The Bertz CT molecular complexity index is 605. The second-order valence-electron chi connectivity index (χ2n) is 4.10. The Hall–Kier alpha value is -2.01. The Morgan fingerprint density at radius 3 is 2.75 bits per heavy atom. The maximum Gasteiger partial charge on any atom is 0.268 e. The van der Waals surface area contributed by atoms with E-state index in [0.29, 0.717) is 28.2 Å². The van der Waals surface area contributed by atoms with Gasteiger partial charge in [0.15, 0.2) is 5.82 Å². The first-order chi connectivity index (χ1) is 9.65. The van der Waals surface area contributed by atoms with E-state index in [1.165, 1.54) is 6.33 Å². The minimum absolute atomic E-state index is 0.365. The second kappa shape index (κ2) is 6.43. The van der Waals surface area contributed by atoms with Gasteiger partial charge in [0, 0.05) is 11.6 Å². The summed E-state index contributed by atoms with van der Waals surface area (Å²) < 4.78 is 11.1. The van der Waals surface area contributed by atoms with Crippen LogP contribution >= 0.6 is 11.6 Å². The van der Waals surface area contributed by atoms with Crippen LogP contribution in [-0.2, 0) is 0 Å². The van der Waals surface area contributed by atoms with Crippen molar-refractivity contribution in [3.05, 3.63) is 35.1 Å². The Kier molecular flexibility index (Phi) is 4.63. The van der Waals surface area contributed by atoms with Crippen LogP contribution in [0, 0.1) is 6.92 Å². The van der Waals surface area contributed by atoms with Crippen LogP contribution in [0.3, 0.4) is 0 Å². The van der Waals surface area contributed by atoms with Gasteiger partial charge in [-0.2, -0.15) is 4.98 Å². The zero-order valence-corrected chi connectivity index (χ0v) is 12.4. The molecule has 6 heteroatoms. The number of rotatable bonds is 5. The molecule has 0 unspecified atom stereocenters. The van der Waals surface area contributed by atoms with E-state index in [2.05, 4.69) is 15.3 Å². The van der Waals surface area contributed by atoms with Crippen molar-refractivity contribution in [2.24, 2.45) is 0 Å². The van der Waals surface area contributed by atoms with Crippen LogP contribution in [0.2, 0.25) is 5.02 Å². The second-order valence-corrected chi connectivity index (χ2v) is 4.54. The smallest absolute Gasteiger partial charge is 0.268 e. The lowest BCUT2D eigenvalue weighted by atomic mass is 10.2. The number of halogens is 1. The molecule has 0 bridgehead atoms. The Morgan fingerprint density at radius 2 is 2.10 bits per heavy atom. The molecule has 1 aromatic carbocycles.